The molecule has 2 atom stereocenters. The summed E-state index contributed by atoms with van der Waals surface area (Å²) < 4.78 is 6.22. The van der Waals surface area contributed by atoms with E-state index in [2.05, 4.69) is 43.9 Å². The highest BCUT2D eigenvalue weighted by Gasteiger charge is 2.45. The lowest BCUT2D eigenvalue weighted by Crippen LogP contribution is -2.54. The number of amides is 2. The van der Waals surface area contributed by atoms with Crippen LogP contribution in [0.3, 0.4) is 0 Å². The Morgan fingerprint density at radius 3 is 2.09 bits per heavy atom. The third-order valence-corrected chi connectivity index (χ3v) is 8.77. The average Bonchev–Trinajstić information content (AvgIpc) is 3.40. The number of ether oxygens (including phenoxy) is 1. The summed E-state index contributed by atoms with van der Waals surface area (Å²) in [6, 6.07) is 22.8. The van der Waals surface area contributed by atoms with Gasteiger partial charge in [0.2, 0.25) is 0 Å². The first-order valence-electron chi connectivity index (χ1n) is 15.1. The molecule has 3 aromatic rings. The molecule has 0 N–H and O–H groups in total. The minimum absolute atomic E-state index is 0. The highest BCUT2D eigenvalue weighted by Crippen LogP contribution is 2.46. The van der Waals surface area contributed by atoms with Crippen LogP contribution < -0.4 is 4.74 Å². The number of benzene rings is 3. The van der Waals surface area contributed by atoms with Crippen molar-refractivity contribution in [3.63, 3.8) is 0 Å². The smallest absolute Gasteiger partial charge is 0.326 e. The number of hydrogen-bond acceptors (Lipinski definition) is 5. The fraction of sp³-hybridized carbons (Fsp3) is 0.417. The number of aliphatic imine (C=N–C) groups is 1. The van der Waals surface area contributed by atoms with Crippen LogP contribution >= 0.6 is 35.6 Å². The Bertz CT molecular complexity index is 1540. The van der Waals surface area contributed by atoms with Crippen molar-refractivity contribution < 1.29 is 9.53 Å². The van der Waals surface area contributed by atoms with Gasteiger partial charge >= 0.3 is 6.03 Å². The first-order valence-corrected chi connectivity index (χ1v) is 15.9. The molecule has 2 aliphatic rings. The normalized spacial score (nSPS) is 18.2. The molecule has 2 amide bonds. The molecule has 2 aliphatic heterocycles. The molecule has 0 bridgehead atoms. The Labute approximate surface area is 290 Å². The van der Waals surface area contributed by atoms with Crippen molar-refractivity contribution in [2.24, 2.45) is 4.99 Å². The van der Waals surface area contributed by atoms with Crippen LogP contribution in [0.5, 0.6) is 5.75 Å². The first kappa shape index (κ1) is 37.2. The van der Waals surface area contributed by atoms with E-state index in [1.54, 1.807) is 0 Å². The van der Waals surface area contributed by atoms with Crippen molar-refractivity contribution in [2.75, 3.05) is 39.3 Å². The van der Waals surface area contributed by atoms with Gasteiger partial charge in [-0.1, -0.05) is 81.7 Å². The van der Waals surface area contributed by atoms with Gasteiger partial charge in [0.15, 0.2) is 0 Å². The quantitative estimate of drug-likeness (QED) is 0.249. The molecule has 2 heterocycles. The summed E-state index contributed by atoms with van der Waals surface area (Å²) in [5.74, 6) is 1.27. The molecule has 0 spiro atoms. The molecule has 246 valence electrons. The molecular formula is C36H44Cl3N5O2. The summed E-state index contributed by atoms with van der Waals surface area (Å²) in [6.07, 6.45) is 0.475. The van der Waals surface area contributed by atoms with Gasteiger partial charge in [-0.15, -0.1) is 12.4 Å². The first-order chi connectivity index (χ1) is 21.1. The predicted molar refractivity (Wildman–Crippen MR) is 191 cm³/mol. The summed E-state index contributed by atoms with van der Waals surface area (Å²) in [4.78, 5) is 26.0. The molecule has 0 unspecified atom stereocenters. The number of urea groups is 1. The molecule has 0 radical (unpaired) electrons. The molecule has 0 saturated carbocycles. The zero-order valence-corrected chi connectivity index (χ0v) is 28.5. The van der Waals surface area contributed by atoms with E-state index in [4.69, 9.17) is 38.2 Å². The molecule has 3 aromatic carbocycles. The van der Waals surface area contributed by atoms with E-state index in [9.17, 15) is 4.79 Å². The number of carbonyl (C=O) groups excluding carboxylic acids is 1. The lowest BCUT2D eigenvalue weighted by molar-refractivity contribution is 0.120. The van der Waals surface area contributed by atoms with Gasteiger partial charge in [-0.05, 0) is 65.4 Å². The van der Waals surface area contributed by atoms with Crippen LogP contribution in [0, 0.1) is 11.3 Å². The van der Waals surface area contributed by atoms with Gasteiger partial charge in [0.25, 0.3) is 0 Å². The molecule has 1 fully saturated rings. The highest BCUT2D eigenvalue weighted by atomic mass is 35.5. The van der Waals surface area contributed by atoms with E-state index in [1.165, 1.54) is 0 Å². The average molecular weight is 685 g/mol. The van der Waals surface area contributed by atoms with Crippen LogP contribution in [0.4, 0.5) is 4.79 Å². The molecule has 46 heavy (non-hydrogen) atoms. The second-order valence-electron chi connectivity index (χ2n) is 12.2. The van der Waals surface area contributed by atoms with Crippen molar-refractivity contribution >= 4 is 47.5 Å². The minimum Gasteiger partial charge on any atom is -0.493 e. The van der Waals surface area contributed by atoms with Gasteiger partial charge in [-0.25, -0.2) is 4.79 Å². The molecular weight excluding hydrogens is 641 g/mol. The SMILES string of the molecule is C.CCOc1cc(C(C)(C)C)ccc1C1=N[C@@H](c2ccc(Cl)cc2)[C@@H](c2ccc(Cl)cc2)N1C(=O)N1CCN(CCC#N)CC1.Cl. The van der Waals surface area contributed by atoms with Gasteiger partial charge in [0, 0.05) is 49.2 Å². The monoisotopic (exact) mass is 683 g/mol. The zero-order chi connectivity index (χ0) is 31.4. The Kier molecular flexibility index (Phi) is 12.9. The number of hydrogen-bond donors (Lipinski definition) is 0. The van der Waals surface area contributed by atoms with Gasteiger partial charge in [-0.2, -0.15) is 5.26 Å². The van der Waals surface area contributed by atoms with E-state index >= 15 is 0 Å². The number of rotatable bonds is 7. The number of carbonyl (C=O) groups is 1. The Balaban J connectivity index is 0.00000288. The van der Waals surface area contributed by atoms with Crippen molar-refractivity contribution in [3.05, 3.63) is 99.0 Å². The Hall–Kier alpha value is -3.28. The third kappa shape index (κ3) is 8.16. The summed E-state index contributed by atoms with van der Waals surface area (Å²) in [6.45, 7) is 12.2. The van der Waals surface area contributed by atoms with E-state index in [-0.39, 0.29) is 37.3 Å². The summed E-state index contributed by atoms with van der Waals surface area (Å²) >= 11 is 12.6. The fourth-order valence-electron chi connectivity index (χ4n) is 5.83. The van der Waals surface area contributed by atoms with E-state index < -0.39 is 6.04 Å². The standard InChI is InChI=1S/C35H39Cl2N5O2.CH4.ClH/c1-5-44-30-23-26(35(2,3)4)11-16-29(30)33-39-31(24-7-12-27(36)13-8-24)32(25-9-14-28(37)15-10-25)42(33)34(43)41-21-19-40(20-22-41)18-6-17-38;;/h7-16,23,31-32H,5-6,18-22H2,1-4H3;1H4;1H/t31-,32+;;/m0../s1. The second-order valence-corrected chi connectivity index (χ2v) is 13.1. The van der Waals surface area contributed by atoms with E-state index in [0.717, 1.165) is 22.3 Å². The maximum atomic E-state index is 14.7. The number of amidine groups is 1. The number of nitriles is 1. The van der Waals surface area contributed by atoms with Crippen LogP contribution in [0.15, 0.2) is 71.7 Å². The minimum atomic E-state index is -0.427. The van der Waals surface area contributed by atoms with Crippen LogP contribution in [0.1, 0.15) is 75.9 Å². The fourth-order valence-corrected chi connectivity index (χ4v) is 6.08. The molecule has 1 saturated heterocycles. The van der Waals surface area contributed by atoms with Crippen LogP contribution in [-0.4, -0.2) is 65.9 Å². The van der Waals surface area contributed by atoms with E-state index in [0.29, 0.717) is 67.4 Å². The summed E-state index contributed by atoms with van der Waals surface area (Å²) in [5.41, 5.74) is 3.71. The van der Waals surface area contributed by atoms with Gasteiger partial charge in [-0.3, -0.25) is 14.8 Å². The summed E-state index contributed by atoms with van der Waals surface area (Å²) in [7, 11) is 0. The van der Waals surface area contributed by atoms with Gasteiger partial charge in [0.05, 0.1) is 24.3 Å². The molecule has 5 rings (SSSR count). The largest absolute Gasteiger partial charge is 0.493 e. The van der Waals surface area contributed by atoms with Gasteiger partial charge < -0.3 is 9.64 Å². The molecule has 0 aromatic heterocycles. The van der Waals surface area contributed by atoms with Crippen LogP contribution in [0.25, 0.3) is 0 Å². The van der Waals surface area contributed by atoms with Gasteiger partial charge in [0.1, 0.15) is 17.6 Å². The molecule has 7 nitrogen and oxygen atoms in total. The Morgan fingerprint density at radius 2 is 1.54 bits per heavy atom. The third-order valence-electron chi connectivity index (χ3n) is 8.27. The Morgan fingerprint density at radius 1 is 0.957 bits per heavy atom. The van der Waals surface area contributed by atoms with Crippen molar-refractivity contribution in [1.29, 1.82) is 5.26 Å². The zero-order valence-electron chi connectivity index (χ0n) is 26.2. The van der Waals surface area contributed by atoms with Crippen LogP contribution in [-0.2, 0) is 5.41 Å². The maximum Gasteiger partial charge on any atom is 0.326 e. The summed E-state index contributed by atoms with van der Waals surface area (Å²) in [5, 5.41) is 10.3. The topological polar surface area (TPSA) is 72.2 Å². The number of halogens is 3. The maximum absolute atomic E-state index is 14.7. The van der Waals surface area contributed by atoms with Crippen molar-refractivity contribution in [3.8, 4) is 11.8 Å². The lowest BCUT2D eigenvalue weighted by Gasteiger charge is -2.39. The van der Waals surface area contributed by atoms with Crippen molar-refractivity contribution in [1.82, 2.24) is 14.7 Å². The van der Waals surface area contributed by atoms with Crippen LogP contribution in [0.2, 0.25) is 10.0 Å². The number of nitrogens with zero attached hydrogens (tertiary/aromatic N) is 5. The number of piperazine rings is 1. The molecule has 10 heteroatoms. The second kappa shape index (κ2) is 16.0. The van der Waals surface area contributed by atoms with E-state index in [1.807, 2.05) is 71.3 Å². The van der Waals surface area contributed by atoms with Crippen molar-refractivity contribution in [2.45, 2.75) is 59.0 Å². The predicted octanol–water partition coefficient (Wildman–Crippen LogP) is 8.94. The highest BCUT2D eigenvalue weighted by molar-refractivity contribution is 6.30. The lowest BCUT2D eigenvalue weighted by atomic mass is 9.86. The molecule has 0 aliphatic carbocycles.